The van der Waals surface area contributed by atoms with Crippen LogP contribution < -0.4 is 21.3 Å². The number of carbonyl (C=O) groups excluding carboxylic acids is 3. The highest BCUT2D eigenvalue weighted by atomic mass is 19.3. The second-order valence-electron chi connectivity index (χ2n) is 7.08. The number of rotatable bonds is 7. The molecule has 1 aliphatic heterocycles. The van der Waals surface area contributed by atoms with Crippen LogP contribution in [0.3, 0.4) is 0 Å². The van der Waals surface area contributed by atoms with E-state index >= 15 is 0 Å². The molecule has 1 atom stereocenters. The number of carbonyl (C=O) groups is 3. The molecule has 0 bridgehead atoms. The maximum atomic E-state index is 13.6. The summed E-state index contributed by atoms with van der Waals surface area (Å²) in [4.78, 5) is 37.9. The van der Waals surface area contributed by atoms with Gasteiger partial charge in [-0.3, -0.25) is 14.4 Å². The summed E-state index contributed by atoms with van der Waals surface area (Å²) in [5.41, 5.74) is 5.38. The Morgan fingerprint density at radius 3 is 2.66 bits per heavy atom. The molecule has 1 saturated carbocycles. The van der Waals surface area contributed by atoms with E-state index in [1.807, 2.05) is 0 Å². The second-order valence-corrected chi connectivity index (χ2v) is 7.08. The van der Waals surface area contributed by atoms with E-state index < -0.39 is 23.9 Å². The number of nitrogens with zero attached hydrogens (tertiary/aromatic N) is 1. The molecule has 0 aromatic heterocycles. The molecule has 29 heavy (non-hydrogen) atoms. The van der Waals surface area contributed by atoms with Gasteiger partial charge in [0.2, 0.25) is 11.8 Å². The normalized spacial score (nSPS) is 18.3. The van der Waals surface area contributed by atoms with Crippen LogP contribution in [0.2, 0.25) is 0 Å². The summed E-state index contributed by atoms with van der Waals surface area (Å²) in [5.74, 6) is -1.37. The van der Waals surface area contributed by atoms with Gasteiger partial charge >= 0.3 is 0 Å². The average molecular weight is 410 g/mol. The third-order valence-corrected chi connectivity index (χ3v) is 5.17. The molecule has 2 aliphatic rings. The Hall–Kier alpha value is -2.59. The van der Waals surface area contributed by atoms with Gasteiger partial charge in [-0.15, -0.1) is 0 Å². The minimum absolute atomic E-state index is 0.0919. The van der Waals surface area contributed by atoms with Gasteiger partial charge in [0.25, 0.3) is 12.3 Å². The van der Waals surface area contributed by atoms with Crippen molar-refractivity contribution in [3.8, 4) is 0 Å². The Kier molecular flexibility index (Phi) is 6.75. The average Bonchev–Trinajstić information content (AvgIpc) is 2.65. The zero-order valence-electron chi connectivity index (χ0n) is 15.8. The predicted octanol–water partition coefficient (Wildman–Crippen LogP) is 1.17. The van der Waals surface area contributed by atoms with Crippen LogP contribution in [0.25, 0.3) is 0 Å². The lowest BCUT2D eigenvalue weighted by atomic mass is 9.84. The van der Waals surface area contributed by atoms with E-state index in [1.54, 1.807) is 0 Å². The Morgan fingerprint density at radius 2 is 2.07 bits per heavy atom. The maximum absolute atomic E-state index is 13.6. The van der Waals surface area contributed by atoms with Gasteiger partial charge in [0.15, 0.2) is 0 Å². The molecule has 0 spiro atoms. The molecule has 8 nitrogen and oxygen atoms in total. The molecule has 1 aliphatic carbocycles. The Morgan fingerprint density at radius 1 is 1.31 bits per heavy atom. The summed E-state index contributed by atoms with van der Waals surface area (Å²) in [5, 5.41) is 5.00. The first kappa shape index (κ1) is 21.1. The smallest absolute Gasteiger partial charge is 0.265 e. The molecule has 1 saturated heterocycles. The van der Waals surface area contributed by atoms with Gasteiger partial charge in [0.05, 0.1) is 6.61 Å². The standard InChI is InChI=1S/C19H24F2N4O4/c20-17(21)13-8-12(25-6-7-29-10-16(25)26)4-5-14(13)23-19(28)15(9-22)24-18(27)11-2-1-3-11/h4-5,8,11,15,17H,1-3,6-7,9-10,22H2,(H,23,28)(H,24,27)/t15-/m1/s1. The predicted molar refractivity (Wildman–Crippen MR) is 102 cm³/mol. The fourth-order valence-electron chi connectivity index (χ4n) is 3.21. The number of morpholine rings is 1. The van der Waals surface area contributed by atoms with Crippen LogP contribution in [-0.2, 0) is 19.1 Å². The van der Waals surface area contributed by atoms with Crippen molar-refractivity contribution < 1.29 is 27.9 Å². The third kappa shape index (κ3) is 4.88. The summed E-state index contributed by atoms with van der Waals surface area (Å²) in [6.45, 7) is 0.304. The quantitative estimate of drug-likeness (QED) is 0.625. The minimum Gasteiger partial charge on any atom is -0.370 e. The first-order valence-corrected chi connectivity index (χ1v) is 9.52. The number of amides is 3. The molecule has 158 valence electrons. The van der Waals surface area contributed by atoms with Crippen molar-refractivity contribution in [1.29, 1.82) is 0 Å². The van der Waals surface area contributed by atoms with Crippen LogP contribution in [0, 0.1) is 5.92 Å². The molecule has 4 N–H and O–H groups in total. The molecule has 1 aromatic rings. The van der Waals surface area contributed by atoms with Gasteiger partial charge in [0, 0.05) is 35.9 Å². The number of halogens is 2. The van der Waals surface area contributed by atoms with E-state index in [9.17, 15) is 23.2 Å². The molecule has 3 rings (SSSR count). The number of benzene rings is 1. The molecule has 2 fully saturated rings. The van der Waals surface area contributed by atoms with Crippen LogP contribution in [0.15, 0.2) is 18.2 Å². The van der Waals surface area contributed by atoms with Gasteiger partial charge in [-0.25, -0.2) is 8.78 Å². The molecular weight excluding hydrogens is 386 g/mol. The monoisotopic (exact) mass is 410 g/mol. The van der Waals surface area contributed by atoms with E-state index in [4.69, 9.17) is 10.5 Å². The van der Waals surface area contributed by atoms with Gasteiger partial charge in [0.1, 0.15) is 12.6 Å². The zero-order valence-corrected chi connectivity index (χ0v) is 15.8. The van der Waals surface area contributed by atoms with Gasteiger partial charge in [-0.05, 0) is 31.0 Å². The summed E-state index contributed by atoms with van der Waals surface area (Å²) < 4.78 is 32.2. The van der Waals surface area contributed by atoms with Gasteiger partial charge in [-0.2, -0.15) is 0 Å². The van der Waals surface area contributed by atoms with Crippen LogP contribution in [0.5, 0.6) is 0 Å². The molecule has 0 radical (unpaired) electrons. The van der Waals surface area contributed by atoms with Crippen molar-refractivity contribution in [2.24, 2.45) is 11.7 Å². The molecule has 1 aromatic carbocycles. The van der Waals surface area contributed by atoms with E-state index in [2.05, 4.69) is 10.6 Å². The van der Waals surface area contributed by atoms with Crippen molar-refractivity contribution in [3.05, 3.63) is 23.8 Å². The lowest BCUT2D eigenvalue weighted by Gasteiger charge is -2.28. The van der Waals surface area contributed by atoms with E-state index in [0.717, 1.165) is 19.3 Å². The number of hydrogen-bond acceptors (Lipinski definition) is 5. The number of hydrogen-bond donors (Lipinski definition) is 3. The van der Waals surface area contributed by atoms with E-state index in [1.165, 1.54) is 23.1 Å². The minimum atomic E-state index is -2.87. The third-order valence-electron chi connectivity index (χ3n) is 5.17. The first-order valence-electron chi connectivity index (χ1n) is 9.52. The zero-order chi connectivity index (χ0) is 21.0. The van der Waals surface area contributed by atoms with E-state index in [-0.39, 0.29) is 43.1 Å². The molecule has 0 unspecified atom stereocenters. The van der Waals surface area contributed by atoms with Crippen LogP contribution in [0.1, 0.15) is 31.3 Å². The fourth-order valence-corrected chi connectivity index (χ4v) is 3.21. The number of alkyl halides is 2. The highest BCUT2D eigenvalue weighted by molar-refractivity contribution is 5.99. The van der Waals surface area contributed by atoms with Crippen molar-refractivity contribution in [1.82, 2.24) is 5.32 Å². The Labute approximate surface area is 166 Å². The van der Waals surface area contributed by atoms with E-state index in [0.29, 0.717) is 12.3 Å². The van der Waals surface area contributed by atoms with Crippen molar-refractivity contribution in [3.63, 3.8) is 0 Å². The largest absolute Gasteiger partial charge is 0.370 e. The van der Waals surface area contributed by atoms with Gasteiger partial charge in [-0.1, -0.05) is 6.42 Å². The Balaban J connectivity index is 1.73. The summed E-state index contributed by atoms with van der Waals surface area (Å²) >= 11 is 0. The molecule has 10 heteroatoms. The second kappa shape index (κ2) is 9.27. The number of ether oxygens (including phenoxy) is 1. The summed E-state index contributed by atoms with van der Waals surface area (Å²) in [7, 11) is 0. The lowest BCUT2D eigenvalue weighted by molar-refractivity contribution is -0.131. The summed E-state index contributed by atoms with van der Waals surface area (Å²) in [6, 6.07) is 2.95. The first-order chi connectivity index (χ1) is 13.9. The molecular formula is C19H24F2N4O4. The van der Waals surface area contributed by atoms with Crippen molar-refractivity contribution >= 4 is 29.1 Å². The highest BCUT2D eigenvalue weighted by Crippen LogP contribution is 2.32. The summed E-state index contributed by atoms with van der Waals surface area (Å²) in [6.07, 6.45) is -0.376. The van der Waals surface area contributed by atoms with Crippen LogP contribution in [-0.4, -0.2) is 50.1 Å². The SMILES string of the molecule is NC[C@@H](NC(=O)C1CCC1)C(=O)Nc1ccc(N2CCOCC2=O)cc1C(F)F. The van der Waals surface area contributed by atoms with Crippen molar-refractivity contribution in [2.75, 3.05) is 36.5 Å². The van der Waals surface area contributed by atoms with Crippen LogP contribution in [0.4, 0.5) is 20.2 Å². The highest BCUT2D eigenvalue weighted by Gasteiger charge is 2.29. The lowest BCUT2D eigenvalue weighted by Crippen LogP contribution is -2.51. The number of nitrogens with one attached hydrogen (secondary N) is 2. The number of nitrogens with two attached hydrogens (primary N) is 1. The fraction of sp³-hybridized carbons (Fsp3) is 0.526. The van der Waals surface area contributed by atoms with Crippen molar-refractivity contribution in [2.45, 2.75) is 31.7 Å². The van der Waals surface area contributed by atoms with Crippen LogP contribution >= 0.6 is 0 Å². The Bertz CT molecular complexity index is 785. The molecule has 1 heterocycles. The maximum Gasteiger partial charge on any atom is 0.265 e. The van der Waals surface area contributed by atoms with Gasteiger partial charge < -0.3 is 26.0 Å². The topological polar surface area (TPSA) is 114 Å². The number of anilines is 2. The molecule has 3 amide bonds.